The van der Waals surface area contributed by atoms with Crippen molar-refractivity contribution < 1.29 is 14.3 Å². The van der Waals surface area contributed by atoms with Gasteiger partial charge in [0, 0.05) is 39.4 Å². The van der Waals surface area contributed by atoms with E-state index in [0.717, 1.165) is 24.4 Å². The predicted molar refractivity (Wildman–Crippen MR) is 131 cm³/mol. The van der Waals surface area contributed by atoms with Crippen molar-refractivity contribution in [1.29, 1.82) is 0 Å². The Balaban J connectivity index is 1.37. The van der Waals surface area contributed by atoms with Gasteiger partial charge in [-0.15, -0.1) is 0 Å². The summed E-state index contributed by atoms with van der Waals surface area (Å²) in [5.41, 5.74) is 3.52. The van der Waals surface area contributed by atoms with Crippen LogP contribution in [0.2, 0.25) is 0 Å². The quantitative estimate of drug-likeness (QED) is 0.377. The molecule has 4 rings (SSSR count). The van der Waals surface area contributed by atoms with Gasteiger partial charge < -0.3 is 14.4 Å². The van der Waals surface area contributed by atoms with E-state index in [1.54, 1.807) is 13.2 Å². The van der Waals surface area contributed by atoms with E-state index >= 15 is 0 Å². The van der Waals surface area contributed by atoms with E-state index in [4.69, 9.17) is 9.47 Å². The molecule has 170 valence electrons. The first-order valence-corrected chi connectivity index (χ1v) is 11.3. The van der Waals surface area contributed by atoms with E-state index in [1.165, 1.54) is 11.1 Å². The summed E-state index contributed by atoms with van der Waals surface area (Å²) in [7, 11) is 1.59. The van der Waals surface area contributed by atoms with E-state index < -0.39 is 0 Å². The van der Waals surface area contributed by atoms with Crippen molar-refractivity contribution in [3.63, 3.8) is 0 Å². The van der Waals surface area contributed by atoms with Gasteiger partial charge in [0.15, 0.2) is 6.79 Å². The lowest BCUT2D eigenvalue weighted by molar-refractivity contribution is -0.127. The predicted octanol–water partition coefficient (Wildman–Crippen LogP) is 4.62. The van der Waals surface area contributed by atoms with Crippen LogP contribution in [0.15, 0.2) is 91.0 Å². The molecular weight excluding hydrogens is 412 g/mol. The van der Waals surface area contributed by atoms with Crippen LogP contribution in [0.1, 0.15) is 22.7 Å². The van der Waals surface area contributed by atoms with Crippen molar-refractivity contribution in [1.82, 2.24) is 9.80 Å². The van der Waals surface area contributed by atoms with E-state index in [9.17, 15) is 4.79 Å². The number of carbonyl (C=O) groups is 1. The third-order valence-electron chi connectivity index (χ3n) is 5.86. The fourth-order valence-electron chi connectivity index (χ4n) is 4.16. The molecule has 0 radical (unpaired) electrons. The van der Waals surface area contributed by atoms with Crippen molar-refractivity contribution in [2.75, 3.05) is 40.1 Å². The largest absolute Gasteiger partial charge is 0.468 e. The lowest BCUT2D eigenvalue weighted by atomic mass is 9.96. The Labute approximate surface area is 195 Å². The number of benzene rings is 3. The van der Waals surface area contributed by atoms with Gasteiger partial charge in [0.25, 0.3) is 0 Å². The average Bonchev–Trinajstić information content (AvgIpc) is 2.88. The maximum atomic E-state index is 12.8. The number of hydrogen-bond acceptors (Lipinski definition) is 4. The first-order valence-electron chi connectivity index (χ1n) is 11.3. The zero-order valence-corrected chi connectivity index (χ0v) is 19.0. The molecule has 0 bridgehead atoms. The van der Waals surface area contributed by atoms with Crippen LogP contribution in [0.25, 0.3) is 6.08 Å². The van der Waals surface area contributed by atoms with Crippen LogP contribution in [0.4, 0.5) is 0 Å². The SMILES string of the molecule is COCOc1ccc(/C=C/C(=O)N2CCN(C(c3ccccc3)c3ccccc3)CC2)cc1. The highest BCUT2D eigenvalue weighted by atomic mass is 16.7. The highest BCUT2D eigenvalue weighted by molar-refractivity contribution is 5.91. The molecule has 3 aromatic rings. The second-order valence-electron chi connectivity index (χ2n) is 8.04. The summed E-state index contributed by atoms with van der Waals surface area (Å²) in [6.45, 7) is 3.31. The average molecular weight is 443 g/mol. The normalized spacial score (nSPS) is 14.7. The van der Waals surface area contributed by atoms with Crippen molar-refractivity contribution in [2.24, 2.45) is 0 Å². The molecule has 5 nitrogen and oxygen atoms in total. The van der Waals surface area contributed by atoms with Gasteiger partial charge in [-0.05, 0) is 34.9 Å². The topological polar surface area (TPSA) is 42.0 Å². The van der Waals surface area contributed by atoms with Crippen LogP contribution in [0.3, 0.4) is 0 Å². The van der Waals surface area contributed by atoms with Crippen LogP contribution in [0, 0.1) is 0 Å². The number of amides is 1. The smallest absolute Gasteiger partial charge is 0.246 e. The Morgan fingerprint density at radius 1 is 0.848 bits per heavy atom. The Morgan fingerprint density at radius 2 is 1.42 bits per heavy atom. The van der Waals surface area contributed by atoms with Gasteiger partial charge in [0.05, 0.1) is 6.04 Å². The van der Waals surface area contributed by atoms with E-state index in [0.29, 0.717) is 13.1 Å². The Hall–Kier alpha value is -3.41. The van der Waals surface area contributed by atoms with Crippen molar-refractivity contribution in [3.05, 3.63) is 108 Å². The van der Waals surface area contributed by atoms with Crippen LogP contribution in [-0.4, -0.2) is 55.8 Å². The number of methoxy groups -OCH3 is 1. The number of carbonyl (C=O) groups excluding carboxylic acids is 1. The second kappa shape index (κ2) is 11.5. The fraction of sp³-hybridized carbons (Fsp3) is 0.250. The van der Waals surface area contributed by atoms with Crippen LogP contribution in [-0.2, 0) is 9.53 Å². The molecule has 1 amide bonds. The van der Waals surface area contributed by atoms with Crippen LogP contribution >= 0.6 is 0 Å². The summed E-state index contributed by atoms with van der Waals surface area (Å²) in [6.07, 6.45) is 3.51. The molecule has 0 unspecified atom stereocenters. The minimum Gasteiger partial charge on any atom is -0.468 e. The number of hydrogen-bond donors (Lipinski definition) is 0. The van der Waals surface area contributed by atoms with Gasteiger partial charge in [0.1, 0.15) is 5.75 Å². The summed E-state index contributed by atoms with van der Waals surface area (Å²) in [6, 6.07) is 29.0. The number of nitrogens with zero attached hydrogens (tertiary/aromatic N) is 2. The third kappa shape index (κ3) is 6.09. The lowest BCUT2D eigenvalue weighted by Crippen LogP contribution is -2.49. The first-order chi connectivity index (χ1) is 16.2. The van der Waals surface area contributed by atoms with Crippen LogP contribution in [0.5, 0.6) is 5.75 Å². The first kappa shape index (κ1) is 22.8. The molecule has 1 saturated heterocycles. The monoisotopic (exact) mass is 442 g/mol. The van der Waals surface area contributed by atoms with Gasteiger partial charge in [-0.1, -0.05) is 72.8 Å². The van der Waals surface area contributed by atoms with Crippen molar-refractivity contribution >= 4 is 12.0 Å². The molecule has 0 spiro atoms. The number of rotatable bonds is 8. The molecule has 0 atom stereocenters. The van der Waals surface area contributed by atoms with Crippen LogP contribution < -0.4 is 4.74 Å². The molecule has 0 saturated carbocycles. The minimum absolute atomic E-state index is 0.0466. The Morgan fingerprint density at radius 3 is 1.97 bits per heavy atom. The fourth-order valence-corrected chi connectivity index (χ4v) is 4.16. The zero-order chi connectivity index (χ0) is 22.9. The van der Waals surface area contributed by atoms with E-state index in [-0.39, 0.29) is 18.7 Å². The van der Waals surface area contributed by atoms with Gasteiger partial charge in [-0.3, -0.25) is 9.69 Å². The molecule has 0 N–H and O–H groups in total. The molecule has 5 heteroatoms. The third-order valence-corrected chi connectivity index (χ3v) is 5.86. The molecule has 0 aromatic heterocycles. The molecule has 1 fully saturated rings. The summed E-state index contributed by atoms with van der Waals surface area (Å²) in [4.78, 5) is 17.2. The molecule has 0 aliphatic carbocycles. The maximum absolute atomic E-state index is 12.8. The highest BCUT2D eigenvalue weighted by Crippen LogP contribution is 2.29. The molecule has 1 aliphatic rings. The number of piperazine rings is 1. The summed E-state index contributed by atoms with van der Waals surface area (Å²) in [5.74, 6) is 0.785. The van der Waals surface area contributed by atoms with E-state index in [1.807, 2.05) is 35.2 Å². The van der Waals surface area contributed by atoms with E-state index in [2.05, 4.69) is 65.6 Å². The standard InChI is InChI=1S/C28H30N2O3/c1-32-22-33-26-15-12-23(13-16-26)14-17-27(31)29-18-20-30(21-19-29)28(24-8-4-2-5-9-24)25-10-6-3-7-11-25/h2-17,28H,18-22H2,1H3/b17-14+. The van der Waals surface area contributed by atoms with Gasteiger partial charge >= 0.3 is 0 Å². The summed E-state index contributed by atoms with van der Waals surface area (Å²) < 4.78 is 10.3. The zero-order valence-electron chi connectivity index (χ0n) is 19.0. The summed E-state index contributed by atoms with van der Waals surface area (Å²) in [5, 5.41) is 0. The molecule has 3 aromatic carbocycles. The maximum Gasteiger partial charge on any atom is 0.246 e. The Bertz CT molecular complexity index is 988. The van der Waals surface area contributed by atoms with Crippen molar-refractivity contribution in [2.45, 2.75) is 6.04 Å². The van der Waals surface area contributed by atoms with Gasteiger partial charge in [-0.2, -0.15) is 0 Å². The summed E-state index contributed by atoms with van der Waals surface area (Å²) >= 11 is 0. The second-order valence-corrected chi connectivity index (χ2v) is 8.04. The highest BCUT2D eigenvalue weighted by Gasteiger charge is 2.27. The van der Waals surface area contributed by atoms with Gasteiger partial charge in [0.2, 0.25) is 5.91 Å². The number of ether oxygens (including phenoxy) is 2. The van der Waals surface area contributed by atoms with Crippen molar-refractivity contribution in [3.8, 4) is 5.75 Å². The van der Waals surface area contributed by atoms with Gasteiger partial charge in [-0.25, -0.2) is 0 Å². The minimum atomic E-state index is 0.0466. The molecular formula is C28H30N2O3. The molecule has 1 aliphatic heterocycles. The molecule has 33 heavy (non-hydrogen) atoms. The lowest BCUT2D eigenvalue weighted by Gasteiger charge is -2.39. The Kier molecular flexibility index (Phi) is 7.90. The molecule has 1 heterocycles.